The lowest BCUT2D eigenvalue weighted by Crippen LogP contribution is -2.29. The monoisotopic (exact) mass is 410 g/mol. The van der Waals surface area contributed by atoms with Crippen LogP contribution in [0.5, 0.6) is 0 Å². The number of anilines is 2. The highest BCUT2D eigenvalue weighted by atomic mass is 16.2. The summed E-state index contributed by atoms with van der Waals surface area (Å²) in [6, 6.07) is 23.9. The fourth-order valence-electron chi connectivity index (χ4n) is 3.26. The van der Waals surface area contributed by atoms with Crippen molar-refractivity contribution in [1.29, 1.82) is 0 Å². The maximum Gasteiger partial charge on any atom is 0.284 e. The zero-order valence-electron chi connectivity index (χ0n) is 17.3. The van der Waals surface area contributed by atoms with E-state index < -0.39 is 11.5 Å². The molecule has 4 rings (SSSR count). The summed E-state index contributed by atoms with van der Waals surface area (Å²) in [5, 5.41) is 2.65. The summed E-state index contributed by atoms with van der Waals surface area (Å²) in [6.45, 7) is 3.91. The van der Waals surface area contributed by atoms with Gasteiger partial charge in [-0.15, -0.1) is 0 Å². The lowest BCUT2D eigenvalue weighted by molar-refractivity contribution is 0.102. The van der Waals surface area contributed by atoms with Gasteiger partial charge in [0.1, 0.15) is 5.82 Å². The lowest BCUT2D eigenvalue weighted by atomic mass is 10.1. The van der Waals surface area contributed by atoms with E-state index in [1.54, 1.807) is 12.1 Å². The van der Waals surface area contributed by atoms with Crippen LogP contribution in [0.3, 0.4) is 0 Å². The third-order valence-corrected chi connectivity index (χ3v) is 4.99. The molecule has 4 aromatic rings. The highest BCUT2D eigenvalue weighted by Crippen LogP contribution is 2.24. The van der Waals surface area contributed by atoms with Gasteiger partial charge in [-0.05, 0) is 38.1 Å². The third-order valence-electron chi connectivity index (χ3n) is 4.99. The number of nitrogens with one attached hydrogen (secondary N) is 1. The standard InChI is InChI=1S/C25H22N4O2/c1-16-8-12-19(13-9-16)24(30)27-21-22(26)28-23(18-6-4-3-5-7-18)29(25(21)31)20-14-10-17(2)11-15-20/h3-15H,26H2,1-2H3,(H,27,30). The molecule has 154 valence electrons. The molecule has 3 aromatic carbocycles. The zero-order valence-corrected chi connectivity index (χ0v) is 17.3. The average Bonchev–Trinajstić information content (AvgIpc) is 2.78. The predicted molar refractivity (Wildman–Crippen MR) is 124 cm³/mol. The van der Waals surface area contributed by atoms with Crippen molar-refractivity contribution < 1.29 is 4.79 Å². The number of rotatable bonds is 4. The Labute approximate surface area is 180 Å². The lowest BCUT2D eigenvalue weighted by Gasteiger charge is -2.16. The first kappa shape index (κ1) is 20.1. The number of nitrogen functional groups attached to an aromatic ring is 1. The van der Waals surface area contributed by atoms with Crippen molar-refractivity contribution in [3.8, 4) is 17.1 Å². The van der Waals surface area contributed by atoms with Gasteiger partial charge in [0.25, 0.3) is 11.5 Å². The van der Waals surface area contributed by atoms with Gasteiger partial charge in [0.15, 0.2) is 11.5 Å². The number of hydrogen-bond donors (Lipinski definition) is 2. The number of aromatic nitrogens is 2. The van der Waals surface area contributed by atoms with Gasteiger partial charge in [-0.2, -0.15) is 0 Å². The molecule has 0 saturated heterocycles. The van der Waals surface area contributed by atoms with Crippen molar-refractivity contribution in [3.05, 3.63) is 106 Å². The number of benzene rings is 3. The molecule has 0 spiro atoms. The Morgan fingerprint density at radius 2 is 1.45 bits per heavy atom. The minimum Gasteiger partial charge on any atom is -0.382 e. The van der Waals surface area contributed by atoms with Crippen LogP contribution in [-0.2, 0) is 0 Å². The second-order valence-corrected chi connectivity index (χ2v) is 7.36. The molecule has 0 unspecified atom stereocenters. The SMILES string of the molecule is Cc1ccc(C(=O)Nc2c(N)nc(-c3ccccc3)n(-c3ccc(C)cc3)c2=O)cc1. The highest BCUT2D eigenvalue weighted by molar-refractivity contribution is 6.05. The van der Waals surface area contributed by atoms with Crippen molar-refractivity contribution in [2.75, 3.05) is 11.1 Å². The molecule has 0 aliphatic heterocycles. The fraction of sp³-hybridized carbons (Fsp3) is 0.0800. The van der Waals surface area contributed by atoms with E-state index >= 15 is 0 Å². The number of amides is 1. The first-order valence-corrected chi connectivity index (χ1v) is 9.87. The van der Waals surface area contributed by atoms with Crippen molar-refractivity contribution >= 4 is 17.4 Å². The van der Waals surface area contributed by atoms with Gasteiger partial charge < -0.3 is 11.1 Å². The van der Waals surface area contributed by atoms with Crippen LogP contribution in [0.1, 0.15) is 21.5 Å². The first-order chi connectivity index (χ1) is 14.9. The second-order valence-electron chi connectivity index (χ2n) is 7.36. The Morgan fingerprint density at radius 1 is 0.871 bits per heavy atom. The van der Waals surface area contributed by atoms with Crippen LogP contribution in [0, 0.1) is 13.8 Å². The average molecular weight is 410 g/mol. The minimum absolute atomic E-state index is 0.0346. The third kappa shape index (κ3) is 4.09. The van der Waals surface area contributed by atoms with E-state index in [2.05, 4.69) is 10.3 Å². The van der Waals surface area contributed by atoms with Gasteiger partial charge >= 0.3 is 0 Å². The summed E-state index contributed by atoms with van der Waals surface area (Å²) >= 11 is 0. The summed E-state index contributed by atoms with van der Waals surface area (Å²) in [5.74, 6) is -0.0542. The molecular formula is C25H22N4O2. The van der Waals surface area contributed by atoms with E-state index in [0.29, 0.717) is 17.1 Å². The Kier molecular flexibility index (Phi) is 5.37. The maximum atomic E-state index is 13.5. The van der Waals surface area contributed by atoms with Crippen LogP contribution in [0.15, 0.2) is 83.7 Å². The minimum atomic E-state index is -0.448. The Hall–Kier alpha value is -4.19. The molecular weight excluding hydrogens is 388 g/mol. The van der Waals surface area contributed by atoms with Crippen LogP contribution in [0.25, 0.3) is 17.1 Å². The van der Waals surface area contributed by atoms with Gasteiger partial charge in [0.2, 0.25) is 0 Å². The van der Waals surface area contributed by atoms with E-state index in [9.17, 15) is 9.59 Å². The summed E-state index contributed by atoms with van der Waals surface area (Å²) in [5.41, 5.74) is 9.54. The van der Waals surface area contributed by atoms with Gasteiger partial charge in [0, 0.05) is 11.1 Å². The molecule has 1 heterocycles. The topological polar surface area (TPSA) is 90.0 Å². The number of carbonyl (C=O) groups is 1. The molecule has 0 aliphatic rings. The van der Waals surface area contributed by atoms with Crippen molar-refractivity contribution in [3.63, 3.8) is 0 Å². The van der Waals surface area contributed by atoms with Crippen LogP contribution >= 0.6 is 0 Å². The number of aryl methyl sites for hydroxylation is 2. The Morgan fingerprint density at radius 3 is 2.06 bits per heavy atom. The molecule has 0 fully saturated rings. The van der Waals surface area contributed by atoms with E-state index in [1.807, 2.05) is 80.6 Å². The number of nitrogens with zero attached hydrogens (tertiary/aromatic N) is 2. The first-order valence-electron chi connectivity index (χ1n) is 9.87. The van der Waals surface area contributed by atoms with Gasteiger partial charge in [-0.1, -0.05) is 65.7 Å². The van der Waals surface area contributed by atoms with Crippen LogP contribution < -0.4 is 16.6 Å². The quantitative estimate of drug-likeness (QED) is 0.523. The van der Waals surface area contributed by atoms with Gasteiger partial charge in [-0.3, -0.25) is 14.2 Å². The number of carbonyl (C=O) groups excluding carboxylic acids is 1. The molecule has 0 atom stereocenters. The predicted octanol–water partition coefficient (Wildman–Crippen LogP) is 4.35. The molecule has 1 amide bonds. The summed E-state index contributed by atoms with van der Waals surface area (Å²) in [7, 11) is 0. The smallest absolute Gasteiger partial charge is 0.284 e. The summed E-state index contributed by atoms with van der Waals surface area (Å²) in [4.78, 5) is 30.7. The van der Waals surface area contributed by atoms with Crippen LogP contribution in [0.2, 0.25) is 0 Å². The molecule has 31 heavy (non-hydrogen) atoms. The molecule has 0 radical (unpaired) electrons. The van der Waals surface area contributed by atoms with Crippen LogP contribution in [0.4, 0.5) is 11.5 Å². The normalized spacial score (nSPS) is 10.6. The molecule has 0 saturated carbocycles. The maximum absolute atomic E-state index is 13.5. The van der Waals surface area contributed by atoms with Crippen molar-refractivity contribution in [1.82, 2.24) is 9.55 Å². The van der Waals surface area contributed by atoms with Gasteiger partial charge in [0.05, 0.1) is 5.69 Å². The summed E-state index contributed by atoms with van der Waals surface area (Å²) < 4.78 is 1.47. The number of hydrogen-bond acceptors (Lipinski definition) is 4. The van der Waals surface area contributed by atoms with Crippen LogP contribution in [-0.4, -0.2) is 15.5 Å². The van der Waals surface area contributed by atoms with Crippen molar-refractivity contribution in [2.24, 2.45) is 0 Å². The molecule has 6 nitrogen and oxygen atoms in total. The largest absolute Gasteiger partial charge is 0.382 e. The zero-order chi connectivity index (χ0) is 22.0. The molecule has 0 bridgehead atoms. The van der Waals surface area contributed by atoms with Crippen molar-refractivity contribution in [2.45, 2.75) is 13.8 Å². The molecule has 3 N–H and O–H groups in total. The Bertz CT molecular complexity index is 1290. The Balaban J connectivity index is 1.87. The fourth-order valence-corrected chi connectivity index (χ4v) is 3.26. The highest BCUT2D eigenvalue weighted by Gasteiger charge is 2.19. The molecule has 6 heteroatoms. The van der Waals surface area contributed by atoms with E-state index in [-0.39, 0.29) is 11.5 Å². The molecule has 0 aliphatic carbocycles. The van der Waals surface area contributed by atoms with Gasteiger partial charge in [-0.25, -0.2) is 4.98 Å². The van der Waals surface area contributed by atoms with E-state index in [1.165, 1.54) is 4.57 Å². The number of nitrogens with two attached hydrogens (primary N) is 1. The van der Waals surface area contributed by atoms with E-state index in [0.717, 1.165) is 16.7 Å². The molecule has 1 aromatic heterocycles. The van der Waals surface area contributed by atoms with E-state index in [4.69, 9.17) is 5.73 Å². The second kappa shape index (κ2) is 8.28. The summed E-state index contributed by atoms with van der Waals surface area (Å²) in [6.07, 6.45) is 0.